The van der Waals surface area contributed by atoms with E-state index in [4.69, 9.17) is 13.7 Å². The minimum atomic E-state index is -4.66. The van der Waals surface area contributed by atoms with Gasteiger partial charge in [-0.3, -0.25) is 0 Å². The third-order valence-electron chi connectivity index (χ3n) is 3.73. The van der Waals surface area contributed by atoms with Crippen molar-refractivity contribution < 1.29 is 26.8 Å². The molecule has 0 aliphatic carbocycles. The van der Waals surface area contributed by atoms with Crippen LogP contribution in [0.3, 0.4) is 0 Å². The fourth-order valence-electron chi connectivity index (χ4n) is 2.54. The smallest absolute Gasteiger partial charge is 0.417 e. The second kappa shape index (κ2) is 6.58. The highest BCUT2D eigenvalue weighted by atomic mass is 32.1. The summed E-state index contributed by atoms with van der Waals surface area (Å²) in [6, 6.07) is 9.75. The Bertz CT molecular complexity index is 1150. The van der Waals surface area contributed by atoms with Gasteiger partial charge >= 0.3 is 11.8 Å². The Kier molecular flexibility index (Phi) is 4.23. The first-order valence-electron chi connectivity index (χ1n) is 7.67. The van der Waals surface area contributed by atoms with Crippen LogP contribution in [0.1, 0.15) is 11.3 Å². The van der Waals surface area contributed by atoms with Gasteiger partial charge < -0.3 is 13.7 Å². The summed E-state index contributed by atoms with van der Waals surface area (Å²) in [6.07, 6.45) is -4.66. The first-order valence-corrected chi connectivity index (χ1v) is 8.55. The Hall–Kier alpha value is -3.07. The largest absolute Gasteiger partial charge is 0.487 e. The normalized spacial score (nSPS) is 11.8. The number of rotatable bonds is 4. The van der Waals surface area contributed by atoms with Crippen LogP contribution in [0.2, 0.25) is 0 Å². The van der Waals surface area contributed by atoms with Crippen molar-refractivity contribution >= 4 is 22.3 Å². The number of alkyl halides is 3. The molecule has 0 atom stereocenters. The van der Waals surface area contributed by atoms with E-state index in [1.165, 1.54) is 29.5 Å². The molecule has 3 heterocycles. The molecule has 27 heavy (non-hydrogen) atoms. The molecule has 0 saturated heterocycles. The molecule has 0 unspecified atom stereocenters. The second-order valence-electron chi connectivity index (χ2n) is 5.58. The van der Waals surface area contributed by atoms with Gasteiger partial charge in [-0.25, -0.2) is 4.79 Å². The Morgan fingerprint density at radius 1 is 1.15 bits per heavy atom. The van der Waals surface area contributed by atoms with Crippen LogP contribution in [0.5, 0.6) is 5.75 Å². The van der Waals surface area contributed by atoms with Crippen LogP contribution in [0.4, 0.5) is 13.2 Å². The highest BCUT2D eigenvalue weighted by molar-refractivity contribution is 7.13. The molecule has 0 aliphatic heterocycles. The maximum atomic E-state index is 13.1. The molecule has 0 N–H and O–H groups in total. The van der Waals surface area contributed by atoms with E-state index >= 15 is 0 Å². The molecule has 9 heteroatoms. The summed E-state index contributed by atoms with van der Waals surface area (Å²) >= 11 is 1.50. The molecule has 0 fully saturated rings. The van der Waals surface area contributed by atoms with Crippen molar-refractivity contribution in [1.82, 2.24) is 5.16 Å². The van der Waals surface area contributed by atoms with Gasteiger partial charge in [0.15, 0.2) is 5.76 Å². The number of ether oxygens (including phenoxy) is 1. The van der Waals surface area contributed by atoms with Crippen LogP contribution in [-0.2, 0) is 12.8 Å². The number of nitrogens with zero attached hydrogens (tertiary/aromatic N) is 1. The van der Waals surface area contributed by atoms with E-state index in [1.807, 2.05) is 17.5 Å². The Morgan fingerprint density at radius 2 is 2.00 bits per heavy atom. The van der Waals surface area contributed by atoms with Gasteiger partial charge in [-0.15, -0.1) is 11.3 Å². The molecule has 0 radical (unpaired) electrons. The minimum absolute atomic E-state index is 0.0452. The van der Waals surface area contributed by atoms with Crippen LogP contribution < -0.4 is 10.4 Å². The van der Waals surface area contributed by atoms with Crippen LogP contribution >= 0.6 is 11.3 Å². The minimum Gasteiger partial charge on any atom is -0.487 e. The summed E-state index contributed by atoms with van der Waals surface area (Å²) in [5, 5.41) is 5.59. The number of benzene rings is 1. The van der Waals surface area contributed by atoms with Gasteiger partial charge in [0.1, 0.15) is 23.6 Å². The second-order valence-corrected chi connectivity index (χ2v) is 6.53. The number of hydrogen-bond donors (Lipinski definition) is 0. The van der Waals surface area contributed by atoms with Gasteiger partial charge in [-0.1, -0.05) is 11.2 Å². The lowest BCUT2D eigenvalue weighted by Crippen LogP contribution is -2.11. The lowest BCUT2D eigenvalue weighted by Gasteiger charge is -2.10. The standard InChI is InChI=1S/C18H10F3NO4S/c19-18(20,21)13-8-17(23)25-14-7-11(3-4-12(13)14)24-9-10-6-15(26-22-10)16-2-1-5-27-16/h1-8H,9H2. The summed E-state index contributed by atoms with van der Waals surface area (Å²) in [5.41, 5.74) is -1.81. The molecule has 0 bridgehead atoms. The highest BCUT2D eigenvalue weighted by Gasteiger charge is 2.33. The summed E-state index contributed by atoms with van der Waals surface area (Å²) in [6.45, 7) is 0.0452. The number of aromatic nitrogens is 1. The summed E-state index contributed by atoms with van der Waals surface area (Å²) in [4.78, 5) is 12.3. The molecular weight excluding hydrogens is 383 g/mol. The van der Waals surface area contributed by atoms with Gasteiger partial charge in [0.25, 0.3) is 0 Å². The van der Waals surface area contributed by atoms with E-state index in [1.54, 1.807) is 6.07 Å². The molecule has 5 nitrogen and oxygen atoms in total. The fraction of sp³-hybridized carbons (Fsp3) is 0.111. The Labute approximate surface area is 153 Å². The monoisotopic (exact) mass is 393 g/mol. The van der Waals surface area contributed by atoms with E-state index < -0.39 is 17.4 Å². The van der Waals surface area contributed by atoms with Crippen molar-refractivity contribution in [3.8, 4) is 16.4 Å². The molecule has 0 spiro atoms. The zero-order chi connectivity index (χ0) is 19.0. The third-order valence-corrected chi connectivity index (χ3v) is 4.62. The highest BCUT2D eigenvalue weighted by Crippen LogP contribution is 2.35. The maximum absolute atomic E-state index is 13.1. The van der Waals surface area contributed by atoms with E-state index in [-0.39, 0.29) is 23.3 Å². The predicted octanol–water partition coefficient (Wildman–Crippen LogP) is 5.11. The molecule has 1 aromatic carbocycles. The fourth-order valence-corrected chi connectivity index (χ4v) is 3.21. The molecule has 0 saturated carbocycles. The first-order chi connectivity index (χ1) is 12.9. The van der Waals surface area contributed by atoms with Gasteiger partial charge in [-0.2, -0.15) is 13.2 Å². The number of halogens is 3. The zero-order valence-electron chi connectivity index (χ0n) is 13.4. The van der Waals surface area contributed by atoms with Crippen molar-refractivity contribution in [3.63, 3.8) is 0 Å². The SMILES string of the molecule is O=c1cc(C(F)(F)F)c2ccc(OCc3cc(-c4cccs4)on3)cc2o1. The number of fused-ring (bicyclic) bond motifs is 1. The first kappa shape index (κ1) is 17.3. The van der Waals surface area contributed by atoms with Gasteiger partial charge in [0.2, 0.25) is 0 Å². The lowest BCUT2D eigenvalue weighted by molar-refractivity contribution is -0.136. The van der Waals surface area contributed by atoms with E-state index in [9.17, 15) is 18.0 Å². The van der Waals surface area contributed by atoms with E-state index in [0.717, 1.165) is 4.88 Å². The topological polar surface area (TPSA) is 65.5 Å². The van der Waals surface area contributed by atoms with Crippen molar-refractivity contribution in [3.05, 3.63) is 69.5 Å². The summed E-state index contributed by atoms with van der Waals surface area (Å²) in [7, 11) is 0. The lowest BCUT2D eigenvalue weighted by atomic mass is 10.1. The number of thiophene rings is 1. The quantitative estimate of drug-likeness (QED) is 0.451. The Balaban J connectivity index is 1.57. The third kappa shape index (κ3) is 3.59. The van der Waals surface area contributed by atoms with Gasteiger partial charge in [0.05, 0.1) is 10.4 Å². The average molecular weight is 393 g/mol. The predicted molar refractivity (Wildman–Crippen MR) is 91.6 cm³/mol. The molecule has 0 amide bonds. The van der Waals surface area contributed by atoms with Crippen molar-refractivity contribution in [1.29, 1.82) is 0 Å². The van der Waals surface area contributed by atoms with Gasteiger partial charge in [0, 0.05) is 23.6 Å². The van der Waals surface area contributed by atoms with E-state index in [2.05, 4.69) is 5.16 Å². The van der Waals surface area contributed by atoms with Crippen LogP contribution in [0.25, 0.3) is 21.6 Å². The molecule has 3 aromatic heterocycles. The maximum Gasteiger partial charge on any atom is 0.417 e. The summed E-state index contributed by atoms with van der Waals surface area (Å²) < 4.78 is 54.8. The van der Waals surface area contributed by atoms with Crippen LogP contribution in [0.15, 0.2) is 61.6 Å². The molecular formula is C18H10F3NO4S. The molecule has 4 aromatic rings. The molecule has 138 valence electrons. The summed E-state index contributed by atoms with van der Waals surface area (Å²) in [5.74, 6) is 0.841. The molecule has 4 rings (SSSR count). The van der Waals surface area contributed by atoms with Crippen molar-refractivity contribution in [2.75, 3.05) is 0 Å². The Morgan fingerprint density at radius 3 is 2.74 bits per heavy atom. The zero-order valence-corrected chi connectivity index (χ0v) is 14.3. The number of hydrogen-bond acceptors (Lipinski definition) is 6. The average Bonchev–Trinajstić information content (AvgIpc) is 3.29. The van der Waals surface area contributed by atoms with Crippen LogP contribution in [0, 0.1) is 0 Å². The van der Waals surface area contributed by atoms with Gasteiger partial charge in [-0.05, 0) is 23.6 Å². The molecule has 0 aliphatic rings. The van der Waals surface area contributed by atoms with E-state index in [0.29, 0.717) is 17.5 Å². The van der Waals surface area contributed by atoms with Crippen LogP contribution in [-0.4, -0.2) is 5.16 Å². The van der Waals surface area contributed by atoms with Crippen molar-refractivity contribution in [2.45, 2.75) is 12.8 Å². The van der Waals surface area contributed by atoms with Crippen molar-refractivity contribution in [2.24, 2.45) is 0 Å².